The van der Waals surface area contributed by atoms with E-state index in [1.165, 1.54) is 10.9 Å². The van der Waals surface area contributed by atoms with Crippen LogP contribution in [-0.2, 0) is 4.74 Å². The number of rotatable bonds is 2. The Balaban J connectivity index is 2.11. The van der Waals surface area contributed by atoms with Gasteiger partial charge in [0.05, 0.1) is 6.61 Å². The summed E-state index contributed by atoms with van der Waals surface area (Å²) in [5.74, 6) is 0.141. The van der Waals surface area contributed by atoms with E-state index in [-0.39, 0.29) is 22.3 Å². The molecule has 2 aromatic rings. The summed E-state index contributed by atoms with van der Waals surface area (Å²) in [6.07, 6.45) is -3.22. The minimum Gasteiger partial charge on any atom is -0.394 e. The summed E-state index contributed by atoms with van der Waals surface area (Å²) >= 11 is 6.02. The van der Waals surface area contributed by atoms with Crippen molar-refractivity contribution in [3.63, 3.8) is 0 Å². The van der Waals surface area contributed by atoms with Crippen LogP contribution >= 0.6 is 11.6 Å². The summed E-state index contributed by atoms with van der Waals surface area (Å²) in [5.41, 5.74) is 6.22. The van der Waals surface area contributed by atoms with Gasteiger partial charge in [0.1, 0.15) is 24.6 Å². The highest BCUT2D eigenvalue weighted by Crippen LogP contribution is 2.34. The van der Waals surface area contributed by atoms with Crippen molar-refractivity contribution in [1.82, 2.24) is 19.5 Å². The van der Waals surface area contributed by atoms with Crippen LogP contribution in [0.5, 0.6) is 0 Å². The Morgan fingerprint density at radius 3 is 2.75 bits per heavy atom. The van der Waals surface area contributed by atoms with Crippen LogP contribution < -0.4 is 5.73 Å². The Kier molecular flexibility index (Phi) is 3.22. The van der Waals surface area contributed by atoms with Crippen LogP contribution in [0.25, 0.3) is 11.2 Å². The second-order valence-corrected chi connectivity index (χ2v) is 4.75. The highest BCUT2D eigenvalue weighted by Gasteiger charge is 2.44. The van der Waals surface area contributed by atoms with Gasteiger partial charge in [-0.1, -0.05) is 0 Å². The van der Waals surface area contributed by atoms with Gasteiger partial charge in [0, 0.05) is 0 Å². The maximum atomic E-state index is 10.0. The third-order valence-corrected chi connectivity index (χ3v) is 3.50. The lowest BCUT2D eigenvalue weighted by Crippen LogP contribution is -2.33. The average molecular weight is 302 g/mol. The smallest absolute Gasteiger partial charge is 0.207 e. The fraction of sp³-hybridized carbons (Fsp3) is 0.500. The van der Waals surface area contributed by atoms with Crippen LogP contribution in [0.3, 0.4) is 0 Å². The molecule has 4 atom stereocenters. The highest BCUT2D eigenvalue weighted by molar-refractivity contribution is 6.29. The lowest BCUT2D eigenvalue weighted by molar-refractivity contribution is -0.0509. The van der Waals surface area contributed by atoms with Crippen LogP contribution in [0.2, 0.25) is 5.28 Å². The average Bonchev–Trinajstić information content (AvgIpc) is 2.90. The molecule has 0 aromatic carbocycles. The lowest BCUT2D eigenvalue weighted by Gasteiger charge is -2.17. The molecule has 0 aliphatic carbocycles. The minimum absolute atomic E-state index is 0.0120. The van der Waals surface area contributed by atoms with E-state index in [4.69, 9.17) is 27.2 Å². The normalized spacial score (nSPS) is 30.2. The Morgan fingerprint density at radius 1 is 1.35 bits per heavy atom. The monoisotopic (exact) mass is 301 g/mol. The number of hydrogen-bond donors (Lipinski definition) is 4. The quantitative estimate of drug-likeness (QED) is 0.500. The first-order valence-corrected chi connectivity index (χ1v) is 6.18. The summed E-state index contributed by atoms with van der Waals surface area (Å²) in [5, 5.41) is 28.9. The summed E-state index contributed by atoms with van der Waals surface area (Å²) < 4.78 is 6.70. The van der Waals surface area contributed by atoms with Crippen molar-refractivity contribution in [3.05, 3.63) is 11.6 Å². The van der Waals surface area contributed by atoms with E-state index < -0.39 is 31.1 Å². The van der Waals surface area contributed by atoms with E-state index in [0.29, 0.717) is 0 Å². The number of nitrogen functional groups attached to an aromatic ring is 1. The molecule has 0 saturated carbocycles. The lowest BCUT2D eigenvalue weighted by atomic mass is 10.1. The molecule has 0 unspecified atom stereocenters. The molecule has 3 rings (SSSR count). The maximum absolute atomic E-state index is 10.0. The second kappa shape index (κ2) is 4.79. The SMILES string of the molecule is Nc1ncnc2c1nc(Cl)n2[C@@H]1O[C@H](CO)[C@H](O)[C@H]1O. The molecule has 10 heteroatoms. The van der Waals surface area contributed by atoms with Crippen molar-refractivity contribution in [2.45, 2.75) is 24.5 Å². The van der Waals surface area contributed by atoms with E-state index in [2.05, 4.69) is 15.0 Å². The van der Waals surface area contributed by atoms with Gasteiger partial charge in [-0.3, -0.25) is 4.57 Å². The van der Waals surface area contributed by atoms with E-state index in [1.807, 2.05) is 0 Å². The summed E-state index contributed by atoms with van der Waals surface area (Å²) in [7, 11) is 0. The Hall–Kier alpha value is -1.52. The van der Waals surface area contributed by atoms with Crippen molar-refractivity contribution >= 4 is 28.6 Å². The van der Waals surface area contributed by atoms with E-state index in [9.17, 15) is 10.2 Å². The molecule has 3 heterocycles. The number of aromatic nitrogens is 4. The van der Waals surface area contributed by atoms with Crippen molar-refractivity contribution in [3.8, 4) is 0 Å². The van der Waals surface area contributed by atoms with Crippen molar-refractivity contribution in [2.75, 3.05) is 12.3 Å². The molecule has 5 N–H and O–H groups in total. The fourth-order valence-electron chi connectivity index (χ4n) is 2.22. The Bertz CT molecular complexity index is 650. The van der Waals surface area contributed by atoms with Gasteiger partial charge in [0.15, 0.2) is 23.2 Å². The van der Waals surface area contributed by atoms with Gasteiger partial charge in [-0.2, -0.15) is 0 Å². The largest absolute Gasteiger partial charge is 0.394 e. The van der Waals surface area contributed by atoms with Gasteiger partial charge in [0.25, 0.3) is 0 Å². The number of anilines is 1. The molecule has 1 aliphatic rings. The highest BCUT2D eigenvalue weighted by atomic mass is 35.5. The molecule has 0 radical (unpaired) electrons. The number of halogens is 1. The number of aliphatic hydroxyl groups is 3. The van der Waals surface area contributed by atoms with E-state index in [1.54, 1.807) is 0 Å². The maximum Gasteiger partial charge on any atom is 0.207 e. The molecule has 0 bridgehead atoms. The van der Waals surface area contributed by atoms with Gasteiger partial charge >= 0.3 is 0 Å². The van der Waals surface area contributed by atoms with Gasteiger partial charge < -0.3 is 25.8 Å². The first kappa shape index (κ1) is 13.5. The molecular weight excluding hydrogens is 290 g/mol. The molecule has 1 saturated heterocycles. The molecule has 0 amide bonds. The van der Waals surface area contributed by atoms with Gasteiger partial charge in [0.2, 0.25) is 5.28 Å². The molecule has 2 aromatic heterocycles. The molecular formula is C10H12ClN5O4. The summed E-state index contributed by atoms with van der Waals surface area (Å²) in [4.78, 5) is 11.8. The topological polar surface area (TPSA) is 140 Å². The minimum atomic E-state index is -1.28. The fourth-order valence-corrected chi connectivity index (χ4v) is 2.48. The molecule has 108 valence electrons. The zero-order valence-electron chi connectivity index (χ0n) is 10.1. The van der Waals surface area contributed by atoms with E-state index >= 15 is 0 Å². The molecule has 20 heavy (non-hydrogen) atoms. The predicted octanol–water partition coefficient (Wildman–Crippen LogP) is -1.33. The molecule has 1 aliphatic heterocycles. The number of hydrogen-bond acceptors (Lipinski definition) is 8. The van der Waals surface area contributed by atoms with E-state index in [0.717, 1.165) is 0 Å². The second-order valence-electron chi connectivity index (χ2n) is 4.41. The van der Waals surface area contributed by atoms with Crippen molar-refractivity contribution < 1.29 is 20.1 Å². The zero-order valence-corrected chi connectivity index (χ0v) is 10.8. The van der Waals surface area contributed by atoms with Gasteiger partial charge in [-0.25, -0.2) is 15.0 Å². The van der Waals surface area contributed by atoms with Gasteiger partial charge in [-0.05, 0) is 11.6 Å². The zero-order chi connectivity index (χ0) is 14.4. The summed E-state index contributed by atoms with van der Waals surface area (Å²) in [6, 6.07) is 0. The van der Waals surface area contributed by atoms with Crippen molar-refractivity contribution in [1.29, 1.82) is 0 Å². The number of fused-ring (bicyclic) bond motifs is 1. The first-order chi connectivity index (χ1) is 9.54. The van der Waals surface area contributed by atoms with Crippen LogP contribution in [0.1, 0.15) is 6.23 Å². The molecule has 1 fully saturated rings. The van der Waals surface area contributed by atoms with Crippen molar-refractivity contribution in [2.24, 2.45) is 0 Å². The van der Waals surface area contributed by atoms with Gasteiger partial charge in [-0.15, -0.1) is 0 Å². The number of aliphatic hydroxyl groups excluding tert-OH is 3. The number of ether oxygens (including phenoxy) is 1. The third kappa shape index (κ3) is 1.83. The standard InChI is InChI=1S/C10H12ClN5O4/c11-10-15-4-7(12)13-2-14-8(4)16(10)9-6(19)5(18)3(1-17)20-9/h2-3,5-6,9,17-19H,1H2,(H2,12,13,14)/t3-,5+,6-,9-/m1/s1. The number of nitrogens with two attached hydrogens (primary N) is 1. The molecule has 9 nitrogen and oxygen atoms in total. The van der Waals surface area contributed by atoms with Crippen LogP contribution in [0.15, 0.2) is 6.33 Å². The number of imidazole rings is 1. The third-order valence-electron chi connectivity index (χ3n) is 3.23. The van der Waals surface area contributed by atoms with Crippen LogP contribution in [-0.4, -0.2) is 59.8 Å². The number of nitrogens with zero attached hydrogens (tertiary/aromatic N) is 4. The Morgan fingerprint density at radius 2 is 2.10 bits per heavy atom. The first-order valence-electron chi connectivity index (χ1n) is 5.81. The summed E-state index contributed by atoms with van der Waals surface area (Å²) in [6.45, 7) is -0.434. The Labute approximate surface area is 117 Å². The molecule has 0 spiro atoms. The predicted molar refractivity (Wildman–Crippen MR) is 67.8 cm³/mol. The van der Waals surface area contributed by atoms with Crippen LogP contribution in [0, 0.1) is 0 Å². The van der Waals surface area contributed by atoms with Crippen LogP contribution in [0.4, 0.5) is 5.82 Å².